The second kappa shape index (κ2) is 7.95. The predicted molar refractivity (Wildman–Crippen MR) is 76.7 cm³/mol. The maximum Gasteiger partial charge on any atom is 0.108 e. The molecule has 2 aromatic rings. The molecule has 2 heterocycles. The Morgan fingerprint density at radius 1 is 1.09 bits per heavy atom. The first-order chi connectivity index (χ1) is 10.7. The molecule has 8 heteroatoms. The normalized spacial score (nSPS) is 11.8. The van der Waals surface area contributed by atoms with E-state index in [4.69, 9.17) is 4.74 Å². The summed E-state index contributed by atoms with van der Waals surface area (Å²) in [6.07, 6.45) is 3.46. The molecule has 0 fully saturated rings. The van der Waals surface area contributed by atoms with Gasteiger partial charge >= 0.3 is 0 Å². The van der Waals surface area contributed by atoms with Crippen molar-refractivity contribution in [2.75, 3.05) is 26.4 Å². The molecule has 0 saturated carbocycles. The SMILES string of the molecule is OCC(CO)(CO)COCc1cn(Cc2ccccn2)nn1. The number of hydrogen-bond acceptors (Lipinski definition) is 7. The van der Waals surface area contributed by atoms with E-state index in [2.05, 4.69) is 15.3 Å². The summed E-state index contributed by atoms with van der Waals surface area (Å²) in [7, 11) is 0. The third-order valence-corrected chi connectivity index (χ3v) is 3.30. The Hall–Kier alpha value is -1.87. The first-order valence-corrected chi connectivity index (χ1v) is 6.90. The molecule has 0 bridgehead atoms. The van der Waals surface area contributed by atoms with E-state index < -0.39 is 5.41 Å². The number of hydrogen-bond donors (Lipinski definition) is 3. The van der Waals surface area contributed by atoms with Crippen molar-refractivity contribution in [2.45, 2.75) is 13.2 Å². The smallest absolute Gasteiger partial charge is 0.108 e. The standard InChI is InChI=1S/C14H20N4O4/c19-8-14(9-20,10-21)11-22-7-13-6-18(17-16-13)5-12-3-1-2-4-15-12/h1-4,6,19-21H,5,7-11H2. The molecule has 0 unspecified atom stereocenters. The van der Waals surface area contributed by atoms with Crippen molar-refractivity contribution in [2.24, 2.45) is 5.41 Å². The fourth-order valence-electron chi connectivity index (χ4n) is 1.80. The monoisotopic (exact) mass is 308 g/mol. The Balaban J connectivity index is 1.85. The lowest BCUT2D eigenvalue weighted by atomic mass is 9.93. The van der Waals surface area contributed by atoms with E-state index in [0.29, 0.717) is 12.2 Å². The Morgan fingerprint density at radius 2 is 1.86 bits per heavy atom. The highest BCUT2D eigenvalue weighted by atomic mass is 16.5. The topological polar surface area (TPSA) is 114 Å². The van der Waals surface area contributed by atoms with E-state index >= 15 is 0 Å². The second-order valence-electron chi connectivity index (χ2n) is 5.20. The average molecular weight is 308 g/mol. The van der Waals surface area contributed by atoms with Crippen molar-refractivity contribution < 1.29 is 20.1 Å². The zero-order chi connectivity index (χ0) is 15.8. The minimum absolute atomic E-state index is 0.0314. The maximum absolute atomic E-state index is 9.20. The Morgan fingerprint density at radius 3 is 2.50 bits per heavy atom. The molecular weight excluding hydrogens is 288 g/mol. The number of rotatable bonds is 9. The molecule has 120 valence electrons. The number of pyridine rings is 1. The summed E-state index contributed by atoms with van der Waals surface area (Å²) >= 11 is 0. The van der Waals surface area contributed by atoms with Crippen LogP contribution in [0.25, 0.3) is 0 Å². The minimum atomic E-state index is -1.04. The van der Waals surface area contributed by atoms with Gasteiger partial charge in [0, 0.05) is 6.20 Å². The summed E-state index contributed by atoms with van der Waals surface area (Å²) in [6, 6.07) is 5.65. The van der Waals surface area contributed by atoms with Gasteiger partial charge in [0.1, 0.15) is 5.69 Å². The van der Waals surface area contributed by atoms with Crippen LogP contribution in [0.5, 0.6) is 0 Å². The van der Waals surface area contributed by atoms with Gasteiger partial charge in [-0.1, -0.05) is 11.3 Å². The summed E-state index contributed by atoms with van der Waals surface area (Å²) < 4.78 is 7.06. The molecule has 0 aromatic carbocycles. The summed E-state index contributed by atoms with van der Waals surface area (Å²) in [5.41, 5.74) is 0.461. The third-order valence-electron chi connectivity index (χ3n) is 3.30. The van der Waals surface area contributed by atoms with Crippen LogP contribution in [0.1, 0.15) is 11.4 Å². The quantitative estimate of drug-likeness (QED) is 0.556. The van der Waals surface area contributed by atoms with E-state index in [1.807, 2.05) is 18.2 Å². The molecule has 0 amide bonds. The number of ether oxygens (including phenoxy) is 1. The molecule has 0 atom stereocenters. The predicted octanol–water partition coefficient (Wildman–Crippen LogP) is -0.799. The fraction of sp³-hybridized carbons (Fsp3) is 0.500. The fourth-order valence-corrected chi connectivity index (χ4v) is 1.80. The molecule has 0 aliphatic heterocycles. The molecule has 3 N–H and O–H groups in total. The van der Waals surface area contributed by atoms with Crippen LogP contribution in [0.4, 0.5) is 0 Å². The zero-order valence-electron chi connectivity index (χ0n) is 12.2. The van der Waals surface area contributed by atoms with Crippen molar-refractivity contribution in [1.29, 1.82) is 0 Å². The van der Waals surface area contributed by atoms with Gasteiger partial charge in [-0.05, 0) is 12.1 Å². The van der Waals surface area contributed by atoms with E-state index in [1.165, 1.54) is 0 Å². The van der Waals surface area contributed by atoms with Gasteiger partial charge in [0.15, 0.2) is 0 Å². The lowest BCUT2D eigenvalue weighted by Crippen LogP contribution is -2.38. The molecule has 0 aliphatic rings. The Kier molecular flexibility index (Phi) is 5.96. The highest BCUT2D eigenvalue weighted by molar-refractivity contribution is 5.04. The van der Waals surface area contributed by atoms with E-state index in [9.17, 15) is 15.3 Å². The van der Waals surface area contributed by atoms with Gasteiger partial charge in [-0.15, -0.1) is 5.10 Å². The van der Waals surface area contributed by atoms with Crippen LogP contribution in [0.3, 0.4) is 0 Å². The molecule has 2 aromatic heterocycles. The van der Waals surface area contributed by atoms with Crippen LogP contribution >= 0.6 is 0 Å². The summed E-state index contributed by atoms with van der Waals surface area (Å²) in [6.45, 7) is -0.333. The van der Waals surface area contributed by atoms with E-state index in [1.54, 1.807) is 17.1 Å². The first-order valence-electron chi connectivity index (χ1n) is 6.90. The van der Waals surface area contributed by atoms with E-state index in [-0.39, 0.29) is 33.0 Å². The number of nitrogens with zero attached hydrogens (tertiary/aromatic N) is 4. The zero-order valence-corrected chi connectivity index (χ0v) is 12.2. The van der Waals surface area contributed by atoms with Gasteiger partial charge in [0.05, 0.1) is 56.9 Å². The van der Waals surface area contributed by atoms with Crippen LogP contribution in [0, 0.1) is 5.41 Å². The Bertz CT molecular complexity index is 549. The largest absolute Gasteiger partial charge is 0.396 e. The lowest BCUT2D eigenvalue weighted by molar-refractivity contribution is -0.0626. The van der Waals surface area contributed by atoms with Gasteiger partial charge in [-0.2, -0.15) is 0 Å². The molecule has 2 rings (SSSR count). The molecule has 8 nitrogen and oxygen atoms in total. The lowest BCUT2D eigenvalue weighted by Gasteiger charge is -2.26. The number of aromatic nitrogens is 4. The molecule has 22 heavy (non-hydrogen) atoms. The molecule has 0 saturated heterocycles. The van der Waals surface area contributed by atoms with Crippen molar-refractivity contribution in [1.82, 2.24) is 20.0 Å². The van der Waals surface area contributed by atoms with Gasteiger partial charge in [0.2, 0.25) is 0 Å². The summed E-state index contributed by atoms with van der Waals surface area (Å²) in [4.78, 5) is 4.21. The van der Waals surface area contributed by atoms with Gasteiger partial charge in [-0.25, -0.2) is 4.68 Å². The van der Waals surface area contributed by atoms with Gasteiger partial charge in [0.25, 0.3) is 0 Å². The number of aliphatic hydroxyl groups is 3. The Labute approximate surface area is 128 Å². The third kappa shape index (κ3) is 4.31. The van der Waals surface area contributed by atoms with Crippen molar-refractivity contribution in [3.63, 3.8) is 0 Å². The van der Waals surface area contributed by atoms with Crippen molar-refractivity contribution in [3.8, 4) is 0 Å². The van der Waals surface area contributed by atoms with Gasteiger partial charge in [-0.3, -0.25) is 4.98 Å². The highest BCUT2D eigenvalue weighted by Gasteiger charge is 2.28. The van der Waals surface area contributed by atoms with Gasteiger partial charge < -0.3 is 20.1 Å². The van der Waals surface area contributed by atoms with Crippen molar-refractivity contribution >= 4 is 0 Å². The first kappa shape index (κ1) is 16.5. The summed E-state index contributed by atoms with van der Waals surface area (Å²) in [5.74, 6) is 0. The number of aliphatic hydroxyl groups excluding tert-OH is 3. The van der Waals surface area contributed by atoms with Crippen LogP contribution in [-0.4, -0.2) is 61.7 Å². The molecule has 0 spiro atoms. The van der Waals surface area contributed by atoms with Crippen LogP contribution < -0.4 is 0 Å². The molecular formula is C14H20N4O4. The highest BCUT2D eigenvalue weighted by Crippen LogP contribution is 2.15. The van der Waals surface area contributed by atoms with Crippen LogP contribution in [0.2, 0.25) is 0 Å². The van der Waals surface area contributed by atoms with E-state index in [0.717, 1.165) is 5.69 Å². The van der Waals surface area contributed by atoms with Crippen LogP contribution in [-0.2, 0) is 17.9 Å². The second-order valence-corrected chi connectivity index (χ2v) is 5.20. The summed E-state index contributed by atoms with van der Waals surface area (Å²) in [5, 5.41) is 35.6. The minimum Gasteiger partial charge on any atom is -0.396 e. The average Bonchev–Trinajstić information content (AvgIpc) is 3.00. The van der Waals surface area contributed by atoms with Crippen LogP contribution in [0.15, 0.2) is 30.6 Å². The molecule has 0 aliphatic carbocycles. The van der Waals surface area contributed by atoms with Crippen molar-refractivity contribution in [3.05, 3.63) is 42.0 Å². The molecule has 0 radical (unpaired) electrons. The maximum atomic E-state index is 9.20.